The van der Waals surface area contributed by atoms with E-state index in [4.69, 9.17) is 0 Å². The Hall–Kier alpha value is -1.59. The number of nitrogens with one attached hydrogen (secondary N) is 1. The Morgan fingerprint density at radius 2 is 1.94 bits per heavy atom. The maximum atomic E-state index is 11.5. The number of fused-ring (bicyclic) bond motifs is 3. The minimum absolute atomic E-state index is 0.389. The summed E-state index contributed by atoms with van der Waals surface area (Å²) in [6, 6.07) is 11.4. The Bertz CT molecular complexity index is 709. The minimum atomic E-state index is -4.07. The van der Waals surface area contributed by atoms with Crippen molar-refractivity contribution in [1.29, 1.82) is 0 Å². The molecule has 0 bridgehead atoms. The molecular formula is C13H13NO3S. The first-order valence-corrected chi connectivity index (χ1v) is 7.29. The van der Waals surface area contributed by atoms with Crippen LogP contribution in [0.15, 0.2) is 36.4 Å². The van der Waals surface area contributed by atoms with E-state index in [0.29, 0.717) is 18.5 Å². The van der Waals surface area contributed by atoms with Crippen LogP contribution in [-0.2, 0) is 10.1 Å². The van der Waals surface area contributed by atoms with Crippen LogP contribution in [0.2, 0.25) is 0 Å². The fourth-order valence-corrected chi connectivity index (χ4v) is 3.54. The molecule has 0 aliphatic carbocycles. The second-order valence-corrected chi connectivity index (χ2v) is 6.07. The molecule has 1 atom stereocenters. The maximum absolute atomic E-state index is 11.5. The highest BCUT2D eigenvalue weighted by atomic mass is 32.2. The highest BCUT2D eigenvalue weighted by Gasteiger charge is 2.31. The average Bonchev–Trinajstić information content (AvgIpc) is 2.36. The standard InChI is InChI=1S/C13H13NO3S/c15-18(16,17)12-7-8-14-11-6-5-9-3-1-2-4-10(9)13(11)12/h1-6,12,14H,7-8H2,(H,15,16,17). The first-order chi connectivity index (χ1) is 8.57. The predicted molar refractivity (Wildman–Crippen MR) is 71.3 cm³/mol. The molecule has 94 valence electrons. The summed E-state index contributed by atoms with van der Waals surface area (Å²) in [7, 11) is -4.07. The molecule has 0 amide bonds. The fraction of sp³-hybridized carbons (Fsp3) is 0.231. The van der Waals surface area contributed by atoms with Gasteiger partial charge in [0.15, 0.2) is 0 Å². The van der Waals surface area contributed by atoms with Gasteiger partial charge in [0.05, 0.1) is 0 Å². The lowest BCUT2D eigenvalue weighted by Crippen LogP contribution is -2.23. The Morgan fingerprint density at radius 3 is 2.72 bits per heavy atom. The third-order valence-electron chi connectivity index (χ3n) is 3.37. The number of anilines is 1. The van der Waals surface area contributed by atoms with Crippen LogP contribution in [0.4, 0.5) is 5.69 Å². The van der Waals surface area contributed by atoms with Crippen molar-refractivity contribution in [3.8, 4) is 0 Å². The van der Waals surface area contributed by atoms with Gasteiger partial charge in [0.1, 0.15) is 5.25 Å². The SMILES string of the molecule is O=S(=O)(O)C1CCNc2ccc3ccccc3c21. The second kappa shape index (κ2) is 3.96. The zero-order valence-corrected chi connectivity index (χ0v) is 10.4. The molecule has 0 saturated carbocycles. The zero-order chi connectivity index (χ0) is 12.8. The largest absolute Gasteiger partial charge is 0.385 e. The first kappa shape index (κ1) is 11.5. The lowest BCUT2D eigenvalue weighted by molar-refractivity contribution is 0.464. The van der Waals surface area contributed by atoms with Crippen molar-refractivity contribution in [2.45, 2.75) is 11.7 Å². The molecule has 0 radical (unpaired) electrons. The van der Waals surface area contributed by atoms with Gasteiger partial charge in [0.2, 0.25) is 0 Å². The van der Waals surface area contributed by atoms with Gasteiger partial charge in [-0.25, -0.2) is 0 Å². The van der Waals surface area contributed by atoms with Crippen molar-refractivity contribution in [3.05, 3.63) is 42.0 Å². The monoisotopic (exact) mass is 263 g/mol. The van der Waals surface area contributed by atoms with E-state index in [0.717, 1.165) is 16.5 Å². The van der Waals surface area contributed by atoms with Crippen LogP contribution in [0.1, 0.15) is 17.2 Å². The molecule has 18 heavy (non-hydrogen) atoms. The van der Waals surface area contributed by atoms with Gasteiger partial charge in [-0.2, -0.15) is 8.42 Å². The lowest BCUT2D eigenvalue weighted by atomic mass is 9.96. The van der Waals surface area contributed by atoms with E-state index in [-0.39, 0.29) is 0 Å². The highest BCUT2D eigenvalue weighted by Crippen LogP contribution is 2.39. The molecule has 4 nitrogen and oxygen atoms in total. The lowest BCUT2D eigenvalue weighted by Gasteiger charge is -2.26. The van der Waals surface area contributed by atoms with Crippen LogP contribution in [0.3, 0.4) is 0 Å². The van der Waals surface area contributed by atoms with E-state index in [2.05, 4.69) is 5.32 Å². The number of hydrogen-bond donors (Lipinski definition) is 2. The third kappa shape index (κ3) is 1.76. The molecule has 1 aliphatic heterocycles. The molecule has 1 heterocycles. The Labute approximate surface area is 105 Å². The van der Waals surface area contributed by atoms with E-state index >= 15 is 0 Å². The van der Waals surface area contributed by atoms with Gasteiger partial charge in [-0.15, -0.1) is 0 Å². The van der Waals surface area contributed by atoms with Crippen LogP contribution < -0.4 is 5.32 Å². The quantitative estimate of drug-likeness (QED) is 0.776. The van der Waals surface area contributed by atoms with E-state index in [1.54, 1.807) is 0 Å². The summed E-state index contributed by atoms with van der Waals surface area (Å²) in [4.78, 5) is 0. The van der Waals surface area contributed by atoms with Crippen LogP contribution in [0.25, 0.3) is 10.8 Å². The highest BCUT2D eigenvalue weighted by molar-refractivity contribution is 7.86. The average molecular weight is 263 g/mol. The molecule has 2 aromatic rings. The summed E-state index contributed by atoms with van der Waals surface area (Å²) in [6.07, 6.45) is 0.389. The summed E-state index contributed by atoms with van der Waals surface area (Å²) in [6.45, 7) is 0.551. The molecule has 3 rings (SSSR count). The maximum Gasteiger partial charge on any atom is 0.272 e. The van der Waals surface area contributed by atoms with Crippen molar-refractivity contribution in [1.82, 2.24) is 0 Å². The Kier molecular flexibility index (Phi) is 2.53. The van der Waals surface area contributed by atoms with Gasteiger partial charge in [-0.1, -0.05) is 30.3 Å². The molecule has 1 aliphatic rings. The van der Waals surface area contributed by atoms with Crippen LogP contribution in [0, 0.1) is 0 Å². The van der Waals surface area contributed by atoms with Crippen molar-refractivity contribution >= 4 is 26.6 Å². The molecule has 0 saturated heterocycles. The van der Waals surface area contributed by atoms with Gasteiger partial charge in [0.25, 0.3) is 10.1 Å². The van der Waals surface area contributed by atoms with Crippen molar-refractivity contribution in [2.24, 2.45) is 0 Å². The molecule has 0 spiro atoms. The Balaban J connectivity index is 2.35. The van der Waals surface area contributed by atoms with Gasteiger partial charge < -0.3 is 5.32 Å². The number of hydrogen-bond acceptors (Lipinski definition) is 3. The number of benzene rings is 2. The van der Waals surface area contributed by atoms with E-state index < -0.39 is 15.4 Å². The predicted octanol–water partition coefficient (Wildman–Crippen LogP) is 2.58. The molecule has 1 unspecified atom stereocenters. The second-order valence-electron chi connectivity index (χ2n) is 4.47. The minimum Gasteiger partial charge on any atom is -0.385 e. The third-order valence-corrected chi connectivity index (χ3v) is 4.56. The van der Waals surface area contributed by atoms with Gasteiger partial charge >= 0.3 is 0 Å². The van der Waals surface area contributed by atoms with Gasteiger partial charge in [-0.3, -0.25) is 4.55 Å². The molecule has 0 aromatic heterocycles. The molecule has 2 N–H and O–H groups in total. The topological polar surface area (TPSA) is 66.4 Å². The normalized spacial score (nSPS) is 19.3. The van der Waals surface area contributed by atoms with Crippen molar-refractivity contribution in [3.63, 3.8) is 0 Å². The van der Waals surface area contributed by atoms with Crippen molar-refractivity contribution in [2.75, 3.05) is 11.9 Å². The smallest absolute Gasteiger partial charge is 0.272 e. The summed E-state index contributed by atoms with van der Waals surface area (Å²) >= 11 is 0. The summed E-state index contributed by atoms with van der Waals surface area (Å²) < 4.78 is 32.4. The first-order valence-electron chi connectivity index (χ1n) is 5.79. The van der Waals surface area contributed by atoms with Gasteiger partial charge in [0, 0.05) is 17.8 Å². The zero-order valence-electron chi connectivity index (χ0n) is 9.63. The van der Waals surface area contributed by atoms with E-state index in [9.17, 15) is 13.0 Å². The van der Waals surface area contributed by atoms with Crippen LogP contribution in [0.5, 0.6) is 0 Å². The molecular weight excluding hydrogens is 250 g/mol. The summed E-state index contributed by atoms with van der Waals surface area (Å²) in [5.74, 6) is 0. The number of rotatable bonds is 1. The molecule has 0 fully saturated rings. The summed E-state index contributed by atoms with van der Waals surface area (Å²) in [5, 5.41) is 4.21. The molecule has 2 aromatic carbocycles. The summed E-state index contributed by atoms with van der Waals surface area (Å²) in [5.41, 5.74) is 1.48. The molecule has 5 heteroatoms. The van der Waals surface area contributed by atoms with Gasteiger partial charge in [-0.05, 0) is 23.3 Å². The fourth-order valence-electron chi connectivity index (χ4n) is 2.58. The van der Waals surface area contributed by atoms with Crippen LogP contribution in [-0.4, -0.2) is 19.5 Å². The Morgan fingerprint density at radius 1 is 1.17 bits per heavy atom. The van der Waals surface area contributed by atoms with Crippen LogP contribution >= 0.6 is 0 Å². The van der Waals surface area contributed by atoms with E-state index in [1.165, 1.54) is 0 Å². The van der Waals surface area contributed by atoms with Crippen molar-refractivity contribution < 1.29 is 13.0 Å². The van der Waals surface area contributed by atoms with E-state index in [1.807, 2.05) is 36.4 Å².